The molecule has 31 heavy (non-hydrogen) atoms. The van der Waals surface area contributed by atoms with Gasteiger partial charge in [-0.1, -0.05) is 36.4 Å². The largest absolute Gasteiger partial charge is 0.371 e. The van der Waals surface area contributed by atoms with E-state index in [1.165, 1.54) is 29.9 Å². The Morgan fingerprint density at radius 3 is 2.42 bits per heavy atom. The molecule has 4 rings (SSSR count). The van der Waals surface area contributed by atoms with Crippen LogP contribution in [0.2, 0.25) is 0 Å². The van der Waals surface area contributed by atoms with E-state index in [-0.39, 0.29) is 16.5 Å². The van der Waals surface area contributed by atoms with E-state index >= 15 is 0 Å². The van der Waals surface area contributed by atoms with Crippen LogP contribution in [0, 0.1) is 0 Å². The zero-order chi connectivity index (χ0) is 21.7. The third-order valence-corrected chi connectivity index (χ3v) is 8.02. The summed E-state index contributed by atoms with van der Waals surface area (Å²) in [5.74, 6) is -0.0665. The third-order valence-electron chi connectivity index (χ3n) is 5.25. The lowest BCUT2D eigenvalue weighted by Gasteiger charge is -2.21. The summed E-state index contributed by atoms with van der Waals surface area (Å²) in [6.07, 6.45) is 2.66. The summed E-state index contributed by atoms with van der Waals surface area (Å²) in [5, 5.41) is 4.73. The Morgan fingerprint density at radius 2 is 1.71 bits per heavy atom. The number of hydrogen-bond acceptors (Lipinski definition) is 5. The fraction of sp³-hybridized carbons (Fsp3) is 0.261. The minimum Gasteiger partial charge on any atom is -0.371 e. The van der Waals surface area contributed by atoms with Crippen LogP contribution in [0.3, 0.4) is 0 Å². The number of sulfonamides is 1. The van der Waals surface area contributed by atoms with Gasteiger partial charge in [-0.15, -0.1) is 11.3 Å². The first-order valence-electron chi connectivity index (χ1n) is 10.3. The van der Waals surface area contributed by atoms with Crippen LogP contribution >= 0.6 is 11.3 Å². The van der Waals surface area contributed by atoms with Crippen molar-refractivity contribution in [1.29, 1.82) is 0 Å². The minimum absolute atomic E-state index is 0.0665. The van der Waals surface area contributed by atoms with Crippen molar-refractivity contribution < 1.29 is 13.2 Å². The molecule has 2 N–H and O–H groups in total. The Kier molecular flexibility index (Phi) is 6.58. The Morgan fingerprint density at radius 1 is 0.968 bits per heavy atom. The predicted octanol–water partition coefficient (Wildman–Crippen LogP) is 4.01. The van der Waals surface area contributed by atoms with Crippen LogP contribution in [-0.2, 0) is 27.8 Å². The molecule has 8 heteroatoms. The van der Waals surface area contributed by atoms with E-state index < -0.39 is 10.0 Å². The maximum absolute atomic E-state index is 12.5. The molecule has 1 fully saturated rings. The normalized spacial score (nSPS) is 13.9. The Balaban J connectivity index is 1.32. The standard InChI is InChI=1S/C23H25N3O3S2/c27-22(24-17-19-6-1-2-7-21(19)26-13-3-4-14-26)16-18-9-11-20(12-10-18)25-31(28,29)23-8-5-15-30-23/h1-2,5-12,15,25H,3-4,13-14,16-17H2,(H,24,27). The highest BCUT2D eigenvalue weighted by Gasteiger charge is 2.16. The molecule has 1 aromatic heterocycles. The molecule has 1 saturated heterocycles. The number of nitrogens with one attached hydrogen (secondary N) is 2. The maximum Gasteiger partial charge on any atom is 0.271 e. The summed E-state index contributed by atoms with van der Waals surface area (Å²) < 4.78 is 27.4. The van der Waals surface area contributed by atoms with Crippen molar-refractivity contribution in [3.05, 3.63) is 77.2 Å². The highest BCUT2D eigenvalue weighted by atomic mass is 32.2. The molecule has 2 aromatic carbocycles. The summed E-state index contributed by atoms with van der Waals surface area (Å²) in [4.78, 5) is 14.8. The molecule has 1 aliphatic heterocycles. The van der Waals surface area contributed by atoms with Crippen molar-refractivity contribution >= 4 is 38.6 Å². The predicted molar refractivity (Wildman–Crippen MR) is 125 cm³/mol. The fourth-order valence-electron chi connectivity index (χ4n) is 3.68. The van der Waals surface area contributed by atoms with Gasteiger partial charge >= 0.3 is 0 Å². The van der Waals surface area contributed by atoms with Crippen LogP contribution < -0.4 is 14.9 Å². The van der Waals surface area contributed by atoms with Crippen LogP contribution in [0.25, 0.3) is 0 Å². The van der Waals surface area contributed by atoms with Gasteiger partial charge in [-0.25, -0.2) is 8.42 Å². The zero-order valence-corrected chi connectivity index (χ0v) is 18.7. The molecule has 0 saturated carbocycles. The van der Waals surface area contributed by atoms with Crippen LogP contribution in [0.5, 0.6) is 0 Å². The number of nitrogens with zero attached hydrogens (tertiary/aromatic N) is 1. The van der Waals surface area contributed by atoms with E-state index in [9.17, 15) is 13.2 Å². The third kappa shape index (κ3) is 5.45. The number of para-hydroxylation sites is 1. The van der Waals surface area contributed by atoms with Crippen molar-refractivity contribution in [1.82, 2.24) is 5.32 Å². The Labute approximate surface area is 187 Å². The molecule has 3 aromatic rings. The van der Waals surface area contributed by atoms with Gasteiger partial charge < -0.3 is 10.2 Å². The van der Waals surface area contributed by atoms with Crippen molar-refractivity contribution in [2.45, 2.75) is 30.0 Å². The second-order valence-electron chi connectivity index (χ2n) is 7.51. The first-order valence-corrected chi connectivity index (χ1v) is 12.6. The molecular formula is C23H25N3O3S2. The molecule has 1 amide bonds. The van der Waals surface area contributed by atoms with Crippen LogP contribution in [0.4, 0.5) is 11.4 Å². The first kappa shape index (κ1) is 21.4. The average Bonchev–Trinajstić information content (AvgIpc) is 3.48. The number of benzene rings is 2. The molecule has 0 aliphatic carbocycles. The van der Waals surface area contributed by atoms with Crippen LogP contribution in [0.15, 0.2) is 70.3 Å². The quantitative estimate of drug-likeness (QED) is 0.538. The molecule has 162 valence electrons. The Bertz CT molecular complexity index is 1120. The number of amides is 1. The monoisotopic (exact) mass is 455 g/mol. The number of carbonyl (C=O) groups excluding carboxylic acids is 1. The van der Waals surface area contributed by atoms with E-state index in [4.69, 9.17) is 0 Å². The van der Waals surface area contributed by atoms with E-state index in [1.54, 1.807) is 41.8 Å². The van der Waals surface area contributed by atoms with E-state index in [0.29, 0.717) is 12.2 Å². The van der Waals surface area contributed by atoms with Gasteiger partial charge in [-0.05, 0) is 53.6 Å². The van der Waals surface area contributed by atoms with Gasteiger partial charge in [0.05, 0.1) is 6.42 Å². The van der Waals surface area contributed by atoms with E-state index in [0.717, 1.165) is 24.2 Å². The van der Waals surface area contributed by atoms with Gasteiger partial charge in [0.2, 0.25) is 5.91 Å². The van der Waals surface area contributed by atoms with Gasteiger partial charge in [0.1, 0.15) is 4.21 Å². The summed E-state index contributed by atoms with van der Waals surface area (Å²) in [6.45, 7) is 2.62. The maximum atomic E-state index is 12.5. The van der Waals surface area contributed by atoms with E-state index in [2.05, 4.69) is 27.1 Å². The van der Waals surface area contributed by atoms with Gasteiger partial charge in [-0.2, -0.15) is 0 Å². The molecule has 0 bridgehead atoms. The summed E-state index contributed by atoms with van der Waals surface area (Å²) in [6, 6.07) is 18.4. The van der Waals surface area contributed by atoms with Gasteiger partial charge in [0.15, 0.2) is 0 Å². The molecule has 0 spiro atoms. The molecule has 0 radical (unpaired) electrons. The number of carbonyl (C=O) groups is 1. The van der Waals surface area contributed by atoms with Crippen molar-refractivity contribution in [3.63, 3.8) is 0 Å². The summed E-state index contributed by atoms with van der Waals surface area (Å²) >= 11 is 1.17. The van der Waals surface area contributed by atoms with Gasteiger partial charge in [0.25, 0.3) is 10.0 Å². The average molecular weight is 456 g/mol. The highest BCUT2D eigenvalue weighted by Crippen LogP contribution is 2.24. The SMILES string of the molecule is O=C(Cc1ccc(NS(=O)(=O)c2cccs2)cc1)NCc1ccccc1N1CCCC1. The van der Waals surface area contributed by atoms with Crippen LogP contribution in [0.1, 0.15) is 24.0 Å². The Hall–Kier alpha value is -2.84. The van der Waals surface area contributed by atoms with Crippen molar-refractivity contribution in [2.24, 2.45) is 0 Å². The second-order valence-corrected chi connectivity index (χ2v) is 10.4. The van der Waals surface area contributed by atoms with Gasteiger partial charge in [0, 0.05) is 31.0 Å². The van der Waals surface area contributed by atoms with Crippen LogP contribution in [-0.4, -0.2) is 27.4 Å². The number of anilines is 2. The summed E-state index contributed by atoms with van der Waals surface area (Å²) in [7, 11) is -3.57. The molecule has 0 unspecified atom stereocenters. The lowest BCUT2D eigenvalue weighted by atomic mass is 10.1. The topological polar surface area (TPSA) is 78.5 Å². The minimum atomic E-state index is -3.57. The second kappa shape index (κ2) is 9.53. The molecular weight excluding hydrogens is 430 g/mol. The fourth-order valence-corrected chi connectivity index (χ4v) is 5.73. The lowest BCUT2D eigenvalue weighted by molar-refractivity contribution is -0.120. The number of rotatable bonds is 8. The molecule has 2 heterocycles. The zero-order valence-electron chi connectivity index (χ0n) is 17.1. The molecule has 1 aliphatic rings. The lowest BCUT2D eigenvalue weighted by Crippen LogP contribution is -2.26. The molecule has 0 atom stereocenters. The number of hydrogen-bond donors (Lipinski definition) is 2. The highest BCUT2D eigenvalue weighted by molar-refractivity contribution is 7.94. The number of thiophene rings is 1. The first-order chi connectivity index (χ1) is 15.0. The van der Waals surface area contributed by atoms with Crippen molar-refractivity contribution in [2.75, 3.05) is 22.7 Å². The van der Waals surface area contributed by atoms with E-state index in [1.807, 2.05) is 12.1 Å². The van der Waals surface area contributed by atoms with Crippen molar-refractivity contribution in [3.8, 4) is 0 Å². The van der Waals surface area contributed by atoms with Gasteiger partial charge in [-0.3, -0.25) is 9.52 Å². The smallest absolute Gasteiger partial charge is 0.271 e. The summed E-state index contributed by atoms with van der Waals surface area (Å²) in [5.41, 5.74) is 3.61. The molecule has 6 nitrogen and oxygen atoms in total.